The molecule has 0 saturated heterocycles. The van der Waals surface area contributed by atoms with E-state index >= 15 is 0 Å². The molecule has 0 aliphatic heterocycles. The molecule has 1 aromatic rings. The minimum atomic E-state index is 0.0318. The van der Waals surface area contributed by atoms with Crippen molar-refractivity contribution in [3.05, 3.63) is 35.9 Å². The van der Waals surface area contributed by atoms with Crippen molar-refractivity contribution in [2.45, 2.75) is 31.6 Å². The summed E-state index contributed by atoms with van der Waals surface area (Å²) in [7, 11) is 1.71. The van der Waals surface area contributed by atoms with E-state index in [2.05, 4.69) is 31.2 Å². The van der Waals surface area contributed by atoms with Gasteiger partial charge >= 0.3 is 0 Å². The molecular formula is C16H25ClO2. The zero-order valence-electron chi connectivity index (χ0n) is 12.0. The molecule has 0 aliphatic rings. The zero-order valence-corrected chi connectivity index (χ0v) is 12.8. The van der Waals surface area contributed by atoms with E-state index in [9.17, 15) is 0 Å². The Morgan fingerprint density at radius 2 is 1.84 bits per heavy atom. The number of rotatable bonds is 10. The zero-order chi connectivity index (χ0) is 14.0. The lowest BCUT2D eigenvalue weighted by atomic mass is 9.77. The van der Waals surface area contributed by atoms with Gasteiger partial charge in [-0.05, 0) is 24.8 Å². The molecule has 0 N–H and O–H groups in total. The van der Waals surface area contributed by atoms with Gasteiger partial charge in [-0.25, -0.2) is 0 Å². The third-order valence-corrected chi connectivity index (χ3v) is 4.19. The number of hydrogen-bond acceptors (Lipinski definition) is 2. The summed E-state index contributed by atoms with van der Waals surface area (Å²) in [6.07, 6.45) is 2.94. The van der Waals surface area contributed by atoms with E-state index in [1.807, 2.05) is 6.07 Å². The average molecular weight is 285 g/mol. The maximum atomic E-state index is 6.25. The Morgan fingerprint density at radius 1 is 1.11 bits per heavy atom. The number of benzene rings is 1. The van der Waals surface area contributed by atoms with Crippen molar-refractivity contribution in [3.63, 3.8) is 0 Å². The van der Waals surface area contributed by atoms with Crippen LogP contribution in [0.25, 0.3) is 0 Å². The van der Waals surface area contributed by atoms with Gasteiger partial charge in [0.15, 0.2) is 0 Å². The molecule has 0 aliphatic carbocycles. The second-order valence-electron chi connectivity index (χ2n) is 4.84. The SMILES string of the molecule is CCC(CCl)(CCOCCCOC)c1ccccc1. The molecule has 1 rings (SSSR count). The lowest BCUT2D eigenvalue weighted by Crippen LogP contribution is -2.29. The van der Waals surface area contributed by atoms with E-state index in [0.29, 0.717) is 5.88 Å². The lowest BCUT2D eigenvalue weighted by molar-refractivity contribution is 0.0908. The van der Waals surface area contributed by atoms with Crippen LogP contribution in [0.3, 0.4) is 0 Å². The summed E-state index contributed by atoms with van der Waals surface area (Å²) in [5.41, 5.74) is 1.34. The molecule has 0 fully saturated rings. The first kappa shape index (κ1) is 16.5. The minimum absolute atomic E-state index is 0.0318. The summed E-state index contributed by atoms with van der Waals surface area (Å²) in [5, 5.41) is 0. The van der Waals surface area contributed by atoms with Gasteiger partial charge in [-0.15, -0.1) is 11.6 Å². The average Bonchev–Trinajstić information content (AvgIpc) is 2.48. The third kappa shape index (κ3) is 5.13. The molecular weight excluding hydrogens is 260 g/mol. The van der Waals surface area contributed by atoms with Gasteiger partial charge in [0.2, 0.25) is 0 Å². The Kier molecular flexibility index (Phi) is 8.11. The largest absolute Gasteiger partial charge is 0.385 e. The number of hydrogen-bond donors (Lipinski definition) is 0. The fourth-order valence-electron chi connectivity index (χ4n) is 2.23. The van der Waals surface area contributed by atoms with Gasteiger partial charge in [0.05, 0.1) is 0 Å². The van der Waals surface area contributed by atoms with E-state index in [4.69, 9.17) is 21.1 Å². The van der Waals surface area contributed by atoms with Crippen LogP contribution in [-0.4, -0.2) is 32.8 Å². The van der Waals surface area contributed by atoms with Crippen LogP contribution in [0.4, 0.5) is 0 Å². The fraction of sp³-hybridized carbons (Fsp3) is 0.625. The summed E-state index contributed by atoms with van der Waals surface area (Å²) in [4.78, 5) is 0. The molecule has 1 atom stereocenters. The Bertz CT molecular complexity index is 323. The normalized spacial score (nSPS) is 14.3. The highest BCUT2D eigenvalue weighted by Crippen LogP contribution is 2.33. The van der Waals surface area contributed by atoms with Crippen LogP contribution in [0.2, 0.25) is 0 Å². The van der Waals surface area contributed by atoms with Gasteiger partial charge in [0.25, 0.3) is 0 Å². The molecule has 0 saturated carbocycles. The van der Waals surface area contributed by atoms with Gasteiger partial charge in [-0.3, -0.25) is 0 Å². The Morgan fingerprint density at radius 3 is 2.42 bits per heavy atom. The summed E-state index contributed by atoms with van der Waals surface area (Å²) in [6.45, 7) is 4.46. The van der Waals surface area contributed by atoms with Gasteiger partial charge < -0.3 is 9.47 Å². The Labute approximate surface area is 122 Å². The summed E-state index contributed by atoms with van der Waals surface area (Å²) in [5.74, 6) is 0.634. The highest BCUT2D eigenvalue weighted by Gasteiger charge is 2.28. The van der Waals surface area contributed by atoms with Crippen molar-refractivity contribution in [1.82, 2.24) is 0 Å². The maximum absolute atomic E-state index is 6.25. The highest BCUT2D eigenvalue weighted by molar-refractivity contribution is 6.18. The van der Waals surface area contributed by atoms with E-state index < -0.39 is 0 Å². The summed E-state index contributed by atoms with van der Waals surface area (Å²) in [6, 6.07) is 10.5. The summed E-state index contributed by atoms with van der Waals surface area (Å²) >= 11 is 6.25. The van der Waals surface area contributed by atoms with Crippen LogP contribution in [0.15, 0.2) is 30.3 Å². The quantitative estimate of drug-likeness (QED) is 0.477. The van der Waals surface area contributed by atoms with Crippen molar-refractivity contribution < 1.29 is 9.47 Å². The molecule has 0 heterocycles. The lowest BCUT2D eigenvalue weighted by Gasteiger charge is -2.31. The predicted octanol–water partition coefficient (Wildman–Crippen LogP) is 4.02. The van der Waals surface area contributed by atoms with Gasteiger partial charge in [-0.1, -0.05) is 37.3 Å². The molecule has 1 unspecified atom stereocenters. The number of ether oxygens (including phenoxy) is 2. The molecule has 1 aromatic carbocycles. The molecule has 3 heteroatoms. The Balaban J connectivity index is 2.48. The molecule has 108 valence electrons. The second-order valence-corrected chi connectivity index (χ2v) is 5.11. The number of methoxy groups -OCH3 is 1. The smallest absolute Gasteiger partial charge is 0.0487 e. The van der Waals surface area contributed by atoms with Crippen molar-refractivity contribution in [2.75, 3.05) is 32.8 Å². The predicted molar refractivity (Wildman–Crippen MR) is 81.1 cm³/mol. The highest BCUT2D eigenvalue weighted by atomic mass is 35.5. The monoisotopic (exact) mass is 284 g/mol. The van der Waals surface area contributed by atoms with Crippen LogP contribution >= 0.6 is 11.6 Å². The van der Waals surface area contributed by atoms with E-state index in [0.717, 1.165) is 39.1 Å². The van der Waals surface area contributed by atoms with Crippen LogP contribution < -0.4 is 0 Å². The van der Waals surface area contributed by atoms with E-state index in [-0.39, 0.29) is 5.41 Å². The standard InChI is InChI=1S/C16H25ClO2/c1-3-16(14-17,15-8-5-4-6-9-15)10-13-19-12-7-11-18-2/h4-6,8-9H,3,7,10-14H2,1-2H3. The third-order valence-electron chi connectivity index (χ3n) is 3.68. The molecule has 0 aromatic heterocycles. The maximum Gasteiger partial charge on any atom is 0.0487 e. The molecule has 2 nitrogen and oxygen atoms in total. The molecule has 0 bridgehead atoms. The van der Waals surface area contributed by atoms with E-state index in [1.165, 1.54) is 5.56 Å². The Hall–Kier alpha value is -0.570. The molecule has 0 radical (unpaired) electrons. The molecule has 0 amide bonds. The van der Waals surface area contributed by atoms with Crippen molar-refractivity contribution in [2.24, 2.45) is 0 Å². The summed E-state index contributed by atoms with van der Waals surface area (Å²) < 4.78 is 10.7. The first-order valence-electron chi connectivity index (χ1n) is 6.97. The number of alkyl halides is 1. The number of halogens is 1. The first-order valence-corrected chi connectivity index (χ1v) is 7.50. The topological polar surface area (TPSA) is 18.5 Å². The van der Waals surface area contributed by atoms with E-state index in [1.54, 1.807) is 7.11 Å². The molecule has 19 heavy (non-hydrogen) atoms. The minimum Gasteiger partial charge on any atom is -0.385 e. The van der Waals surface area contributed by atoms with Crippen molar-refractivity contribution >= 4 is 11.6 Å². The van der Waals surface area contributed by atoms with Gasteiger partial charge in [0.1, 0.15) is 0 Å². The van der Waals surface area contributed by atoms with Crippen molar-refractivity contribution in [1.29, 1.82) is 0 Å². The second kappa shape index (κ2) is 9.35. The van der Waals surface area contributed by atoms with Crippen LogP contribution in [-0.2, 0) is 14.9 Å². The van der Waals surface area contributed by atoms with Crippen LogP contribution in [0, 0.1) is 0 Å². The van der Waals surface area contributed by atoms with Crippen LogP contribution in [0.5, 0.6) is 0 Å². The van der Waals surface area contributed by atoms with Gasteiger partial charge in [-0.2, -0.15) is 0 Å². The molecule has 0 spiro atoms. The van der Waals surface area contributed by atoms with Gasteiger partial charge in [0, 0.05) is 38.2 Å². The van der Waals surface area contributed by atoms with Crippen LogP contribution in [0.1, 0.15) is 31.7 Å². The first-order chi connectivity index (χ1) is 9.29. The van der Waals surface area contributed by atoms with Crippen molar-refractivity contribution in [3.8, 4) is 0 Å². The fourth-order valence-corrected chi connectivity index (χ4v) is 2.71.